The van der Waals surface area contributed by atoms with Crippen LogP contribution in [0.25, 0.3) is 16.8 Å². The van der Waals surface area contributed by atoms with Crippen LogP contribution >= 0.6 is 0 Å². The molecule has 0 saturated carbocycles. The van der Waals surface area contributed by atoms with Gasteiger partial charge in [-0.25, -0.2) is 0 Å². The highest BCUT2D eigenvalue weighted by Crippen LogP contribution is 2.27. The fraction of sp³-hybridized carbons (Fsp3) is 0.0714. The lowest BCUT2D eigenvalue weighted by molar-refractivity contribution is 0.0998. The highest BCUT2D eigenvalue weighted by atomic mass is 16.1. The van der Waals surface area contributed by atoms with Gasteiger partial charge in [-0.1, -0.05) is 48.6 Å². The third-order valence-electron chi connectivity index (χ3n) is 2.84. The number of rotatable bonds is 0. The van der Waals surface area contributed by atoms with Crippen LogP contribution in [0.4, 0.5) is 0 Å². The fourth-order valence-corrected chi connectivity index (χ4v) is 2.14. The van der Waals surface area contributed by atoms with E-state index in [2.05, 4.69) is 18.2 Å². The van der Waals surface area contributed by atoms with Crippen LogP contribution < -0.4 is 0 Å². The van der Waals surface area contributed by atoms with E-state index < -0.39 is 0 Å². The van der Waals surface area contributed by atoms with Crippen LogP contribution in [0.15, 0.2) is 42.5 Å². The Labute approximate surface area is 88.0 Å². The third kappa shape index (κ3) is 1.20. The zero-order valence-corrected chi connectivity index (χ0v) is 8.23. The topological polar surface area (TPSA) is 17.1 Å². The highest BCUT2D eigenvalue weighted by molar-refractivity contribution is 6.12. The van der Waals surface area contributed by atoms with E-state index in [0.29, 0.717) is 6.42 Å². The summed E-state index contributed by atoms with van der Waals surface area (Å²) in [4.78, 5) is 11.8. The quantitative estimate of drug-likeness (QED) is 0.627. The van der Waals surface area contributed by atoms with Gasteiger partial charge < -0.3 is 0 Å². The Hall–Kier alpha value is -1.89. The van der Waals surface area contributed by atoms with Crippen LogP contribution in [0.5, 0.6) is 0 Å². The number of ketones is 1. The van der Waals surface area contributed by atoms with E-state index in [0.717, 1.165) is 21.9 Å². The van der Waals surface area contributed by atoms with E-state index in [-0.39, 0.29) is 5.78 Å². The second-order valence-corrected chi connectivity index (χ2v) is 3.78. The summed E-state index contributed by atoms with van der Waals surface area (Å²) in [6.45, 7) is 0. The minimum absolute atomic E-state index is 0.210. The molecule has 0 radical (unpaired) electrons. The number of Topliss-reactive ketones (excluding diaryl/α,β-unsaturated/α-hetero) is 1. The minimum Gasteiger partial charge on any atom is -0.294 e. The van der Waals surface area contributed by atoms with Crippen molar-refractivity contribution in [2.24, 2.45) is 0 Å². The van der Waals surface area contributed by atoms with Gasteiger partial charge in [0.05, 0.1) is 0 Å². The lowest BCUT2D eigenvalue weighted by atomic mass is 9.98. The predicted octanol–water partition coefficient (Wildman–Crippen LogP) is 3.44. The molecule has 2 aromatic carbocycles. The fourth-order valence-electron chi connectivity index (χ4n) is 2.14. The molecule has 0 unspecified atom stereocenters. The van der Waals surface area contributed by atoms with E-state index in [1.54, 1.807) is 0 Å². The number of hydrogen-bond donors (Lipinski definition) is 0. The van der Waals surface area contributed by atoms with Crippen molar-refractivity contribution >= 4 is 22.6 Å². The Kier molecular flexibility index (Phi) is 1.72. The minimum atomic E-state index is 0.210. The molecule has 1 aliphatic carbocycles. The van der Waals surface area contributed by atoms with Crippen molar-refractivity contribution in [1.82, 2.24) is 0 Å². The summed E-state index contributed by atoms with van der Waals surface area (Å²) < 4.78 is 0. The van der Waals surface area contributed by atoms with Crippen molar-refractivity contribution in [2.75, 3.05) is 0 Å². The average Bonchev–Trinajstić information content (AvgIpc) is 2.42. The molecule has 3 rings (SSSR count). The van der Waals surface area contributed by atoms with E-state index in [9.17, 15) is 4.79 Å². The first-order valence-electron chi connectivity index (χ1n) is 5.08. The Morgan fingerprint density at radius 3 is 2.67 bits per heavy atom. The van der Waals surface area contributed by atoms with Gasteiger partial charge in [0.2, 0.25) is 0 Å². The van der Waals surface area contributed by atoms with Gasteiger partial charge in [-0.3, -0.25) is 4.79 Å². The van der Waals surface area contributed by atoms with Gasteiger partial charge in [0.1, 0.15) is 0 Å². The summed E-state index contributed by atoms with van der Waals surface area (Å²) >= 11 is 0. The predicted molar refractivity (Wildman–Crippen MR) is 61.9 cm³/mol. The van der Waals surface area contributed by atoms with Crippen molar-refractivity contribution in [3.8, 4) is 0 Å². The molecule has 0 aliphatic heterocycles. The van der Waals surface area contributed by atoms with Crippen molar-refractivity contribution in [3.05, 3.63) is 53.6 Å². The van der Waals surface area contributed by atoms with Crippen molar-refractivity contribution in [3.63, 3.8) is 0 Å². The number of hydrogen-bond acceptors (Lipinski definition) is 1. The lowest BCUT2D eigenvalue weighted by Gasteiger charge is -2.05. The summed E-state index contributed by atoms with van der Waals surface area (Å²) in [5.41, 5.74) is 2.00. The summed E-state index contributed by atoms with van der Waals surface area (Å²) in [7, 11) is 0. The zero-order valence-electron chi connectivity index (χ0n) is 8.23. The van der Waals surface area contributed by atoms with Crippen LogP contribution in [-0.4, -0.2) is 5.78 Å². The van der Waals surface area contributed by atoms with Gasteiger partial charge in [-0.05, 0) is 16.3 Å². The van der Waals surface area contributed by atoms with E-state index >= 15 is 0 Å². The van der Waals surface area contributed by atoms with Gasteiger partial charge in [0.15, 0.2) is 5.78 Å². The summed E-state index contributed by atoms with van der Waals surface area (Å²) in [5.74, 6) is 0.210. The van der Waals surface area contributed by atoms with Crippen molar-refractivity contribution < 1.29 is 4.79 Å². The molecule has 0 amide bonds. The van der Waals surface area contributed by atoms with Gasteiger partial charge in [-0.15, -0.1) is 0 Å². The largest absolute Gasteiger partial charge is 0.294 e. The maximum atomic E-state index is 11.8. The summed E-state index contributed by atoms with van der Waals surface area (Å²) in [5, 5.41) is 2.24. The molecule has 0 spiro atoms. The average molecular weight is 194 g/mol. The molecular weight excluding hydrogens is 184 g/mol. The second kappa shape index (κ2) is 3.06. The van der Waals surface area contributed by atoms with Crippen LogP contribution in [0, 0.1) is 0 Å². The smallest absolute Gasteiger partial charge is 0.167 e. The third-order valence-corrected chi connectivity index (χ3v) is 2.84. The van der Waals surface area contributed by atoms with Crippen LogP contribution in [-0.2, 0) is 0 Å². The first-order chi connectivity index (χ1) is 7.36. The molecule has 0 aromatic heterocycles. The normalized spacial score (nSPS) is 14.3. The zero-order chi connectivity index (χ0) is 10.3. The molecule has 0 bridgehead atoms. The molecule has 15 heavy (non-hydrogen) atoms. The van der Waals surface area contributed by atoms with Gasteiger partial charge in [-0.2, -0.15) is 0 Å². The molecule has 72 valence electrons. The maximum absolute atomic E-state index is 11.8. The molecule has 0 N–H and O–H groups in total. The molecule has 0 atom stereocenters. The maximum Gasteiger partial charge on any atom is 0.167 e. The Bertz CT molecular complexity index is 574. The molecule has 0 fully saturated rings. The molecule has 0 saturated heterocycles. The van der Waals surface area contributed by atoms with Gasteiger partial charge in [0, 0.05) is 12.0 Å². The number of carbonyl (C=O) groups excluding carboxylic acids is 1. The monoisotopic (exact) mass is 194 g/mol. The van der Waals surface area contributed by atoms with Crippen LogP contribution in [0.2, 0.25) is 0 Å². The van der Waals surface area contributed by atoms with Crippen LogP contribution in [0.3, 0.4) is 0 Å². The summed E-state index contributed by atoms with van der Waals surface area (Å²) in [6, 6.07) is 12.1. The molecule has 0 heterocycles. The standard InChI is InChI=1S/C14H10O/c15-13-9-3-7-11-5-1-4-10-6-2-8-12(13)14(10)11/h1-8H,9H2. The van der Waals surface area contributed by atoms with E-state index in [4.69, 9.17) is 0 Å². The Morgan fingerprint density at radius 2 is 1.80 bits per heavy atom. The number of allylic oxidation sites excluding steroid dienone is 1. The first kappa shape index (κ1) is 8.42. The molecule has 1 aliphatic rings. The van der Waals surface area contributed by atoms with Crippen molar-refractivity contribution in [1.29, 1.82) is 0 Å². The second-order valence-electron chi connectivity index (χ2n) is 3.78. The molecule has 2 aromatic rings. The van der Waals surface area contributed by atoms with Gasteiger partial charge in [0.25, 0.3) is 0 Å². The molecule has 1 nitrogen and oxygen atoms in total. The highest BCUT2D eigenvalue weighted by Gasteiger charge is 2.13. The lowest BCUT2D eigenvalue weighted by Crippen LogP contribution is -1.97. The SMILES string of the molecule is O=C1CC=Cc2cccc3cccc1c23. The van der Waals surface area contributed by atoms with Gasteiger partial charge >= 0.3 is 0 Å². The van der Waals surface area contributed by atoms with Crippen LogP contribution in [0.1, 0.15) is 22.3 Å². The molecule has 1 heteroatoms. The summed E-state index contributed by atoms with van der Waals surface area (Å²) in [6.07, 6.45) is 4.49. The van der Waals surface area contributed by atoms with Crippen molar-refractivity contribution in [2.45, 2.75) is 6.42 Å². The Balaban J connectivity index is 2.53. The van der Waals surface area contributed by atoms with E-state index in [1.807, 2.05) is 30.4 Å². The van der Waals surface area contributed by atoms with E-state index in [1.165, 1.54) is 0 Å². The molecular formula is C14H10O. The number of benzene rings is 2. The first-order valence-corrected chi connectivity index (χ1v) is 5.08. The Morgan fingerprint density at radius 1 is 1.00 bits per heavy atom. The number of carbonyl (C=O) groups is 1.